The largest absolute Gasteiger partial charge is 0.470 e. The zero-order valence-electron chi connectivity index (χ0n) is 4.90. The molecule has 0 aromatic rings. The summed E-state index contributed by atoms with van der Waals surface area (Å²) >= 11 is 0. The van der Waals surface area contributed by atoms with Gasteiger partial charge < -0.3 is 0 Å². The van der Waals surface area contributed by atoms with Crippen LogP contribution in [0.4, 0.5) is 26.0 Å². The molecule has 0 fully saturated rings. The first-order valence-electron chi connectivity index (χ1n) is 2.06. The van der Waals surface area contributed by atoms with Gasteiger partial charge in [-0.3, -0.25) is 0 Å². The minimum absolute atomic E-state index is 1.41. The molecule has 74 valence electrons. The fourth-order valence-corrected chi connectivity index (χ4v) is 0.571. The van der Waals surface area contributed by atoms with Crippen molar-refractivity contribution in [1.29, 1.82) is 0 Å². The van der Waals surface area contributed by atoms with Gasteiger partial charge in [-0.1, -0.05) is 3.89 Å². The molecule has 0 aliphatic rings. The Morgan fingerprint density at radius 2 is 1.42 bits per heavy atom. The van der Waals surface area contributed by atoms with E-state index in [0.29, 0.717) is 0 Å². The number of halogens is 6. The molecule has 0 N–H and O–H groups in total. The molecule has 0 amide bonds. The van der Waals surface area contributed by atoms with Gasteiger partial charge in [-0.2, -0.15) is 26.0 Å². The zero-order valence-corrected chi connectivity index (χ0v) is 5.72. The summed E-state index contributed by atoms with van der Waals surface area (Å²) in [5, 5.41) is -5.94. The van der Waals surface area contributed by atoms with Crippen molar-refractivity contribution in [2.45, 2.75) is 11.4 Å². The second-order valence-electron chi connectivity index (χ2n) is 1.55. The highest BCUT2D eigenvalue weighted by Crippen LogP contribution is 2.40. The van der Waals surface area contributed by atoms with Crippen molar-refractivity contribution in [1.82, 2.24) is 0 Å². The Morgan fingerprint density at radius 1 is 1.08 bits per heavy atom. The van der Waals surface area contributed by atoms with Crippen LogP contribution in [0.1, 0.15) is 0 Å². The summed E-state index contributed by atoms with van der Waals surface area (Å²) in [6, 6.07) is 0. The molecule has 0 aliphatic heterocycles. The van der Waals surface area contributed by atoms with Crippen LogP contribution in [0, 0.1) is 0 Å². The van der Waals surface area contributed by atoms with Crippen LogP contribution in [0.3, 0.4) is 0 Å². The molecule has 1 unspecified atom stereocenters. The standard InChI is InChI=1S/C2F6O3S/c3-1(4,5)2(6,11-7)12(8,9)10. The molecule has 0 aromatic heterocycles. The molecule has 3 nitrogen and oxygen atoms in total. The molecule has 10 heteroatoms. The lowest BCUT2D eigenvalue weighted by molar-refractivity contribution is -0.361. The third-order valence-corrected chi connectivity index (χ3v) is 1.67. The number of alkyl halides is 4. The van der Waals surface area contributed by atoms with Crippen LogP contribution >= 0.6 is 0 Å². The molecule has 0 spiro atoms. The van der Waals surface area contributed by atoms with Gasteiger partial charge >= 0.3 is 21.6 Å². The van der Waals surface area contributed by atoms with Gasteiger partial charge in [0.1, 0.15) is 0 Å². The van der Waals surface area contributed by atoms with Crippen LogP contribution in [-0.4, -0.2) is 19.8 Å². The monoisotopic (exact) mass is 218 g/mol. The fraction of sp³-hybridized carbons (Fsp3) is 1.00. The predicted molar refractivity (Wildman–Crippen MR) is 22.1 cm³/mol. The van der Waals surface area contributed by atoms with Crippen LogP contribution in [-0.2, 0) is 15.2 Å². The molecule has 0 rings (SSSR count). The van der Waals surface area contributed by atoms with E-state index in [-0.39, 0.29) is 0 Å². The number of hydrogen-bond acceptors (Lipinski definition) is 3. The Balaban J connectivity index is 5.25. The molecule has 12 heavy (non-hydrogen) atoms. The quantitative estimate of drug-likeness (QED) is 0.519. The Hall–Kier alpha value is -0.510. The van der Waals surface area contributed by atoms with E-state index in [2.05, 4.69) is 0 Å². The van der Waals surface area contributed by atoms with E-state index in [4.69, 9.17) is 0 Å². The first kappa shape index (κ1) is 11.5. The molecule has 0 saturated heterocycles. The van der Waals surface area contributed by atoms with Crippen LogP contribution in [0.15, 0.2) is 0 Å². The molecular formula is C2F6O3S. The molecule has 0 radical (unpaired) electrons. The summed E-state index contributed by atoms with van der Waals surface area (Å²) in [6.45, 7) is 0. The lowest BCUT2D eigenvalue weighted by atomic mass is 10.7. The van der Waals surface area contributed by atoms with Crippen LogP contribution in [0.2, 0.25) is 0 Å². The highest BCUT2D eigenvalue weighted by molar-refractivity contribution is 7.87. The van der Waals surface area contributed by atoms with Crippen molar-refractivity contribution in [3.05, 3.63) is 0 Å². The minimum atomic E-state index is -6.86. The second kappa shape index (κ2) is 2.76. The maximum Gasteiger partial charge on any atom is 0.470 e. The third kappa shape index (κ3) is 1.63. The molecule has 1 atom stereocenters. The van der Waals surface area contributed by atoms with Crippen molar-refractivity contribution in [3.63, 3.8) is 0 Å². The van der Waals surface area contributed by atoms with Gasteiger partial charge in [-0.25, -0.2) is 0 Å². The van der Waals surface area contributed by atoms with Crippen LogP contribution in [0.5, 0.6) is 0 Å². The van der Waals surface area contributed by atoms with Gasteiger partial charge in [0.05, 0.1) is 0 Å². The van der Waals surface area contributed by atoms with E-state index in [1.54, 1.807) is 0 Å². The lowest BCUT2D eigenvalue weighted by Crippen LogP contribution is -2.46. The molecular weight excluding hydrogens is 218 g/mol. The Bertz CT molecular complexity index is 254. The number of hydrogen-bond donors (Lipinski definition) is 0. The predicted octanol–water partition coefficient (Wildman–Crippen LogP) is 1.37. The minimum Gasteiger partial charge on any atom is -0.188 e. The van der Waals surface area contributed by atoms with Crippen molar-refractivity contribution >= 4 is 10.2 Å². The summed E-state index contributed by atoms with van der Waals surface area (Å²) < 4.78 is 86.6. The average Bonchev–Trinajstić information content (AvgIpc) is 1.81. The van der Waals surface area contributed by atoms with Crippen LogP contribution in [0.25, 0.3) is 0 Å². The van der Waals surface area contributed by atoms with E-state index in [9.17, 15) is 34.4 Å². The molecule has 0 bridgehead atoms. The summed E-state index contributed by atoms with van der Waals surface area (Å²) in [5.41, 5.74) is 0. The van der Waals surface area contributed by atoms with E-state index in [1.807, 2.05) is 0 Å². The fourth-order valence-electron chi connectivity index (χ4n) is 0.220. The van der Waals surface area contributed by atoms with Gasteiger partial charge in [-0.15, -0.1) is 4.94 Å². The molecule has 0 heterocycles. The lowest BCUT2D eigenvalue weighted by Gasteiger charge is -2.17. The first-order chi connectivity index (χ1) is 5.06. The van der Waals surface area contributed by atoms with Gasteiger partial charge in [0.2, 0.25) is 0 Å². The van der Waals surface area contributed by atoms with Crippen molar-refractivity contribution in [3.8, 4) is 0 Å². The average molecular weight is 218 g/mol. The van der Waals surface area contributed by atoms with E-state index in [0.717, 1.165) is 0 Å². The Labute approximate surface area is 62.0 Å². The van der Waals surface area contributed by atoms with Gasteiger partial charge in [0, 0.05) is 0 Å². The zero-order chi connectivity index (χ0) is 10.2. The highest BCUT2D eigenvalue weighted by Gasteiger charge is 2.70. The highest BCUT2D eigenvalue weighted by atomic mass is 32.3. The third-order valence-electron chi connectivity index (χ3n) is 0.751. The molecule has 0 saturated carbocycles. The van der Waals surface area contributed by atoms with Crippen LogP contribution < -0.4 is 0 Å². The van der Waals surface area contributed by atoms with Gasteiger partial charge in [-0.05, 0) is 4.53 Å². The summed E-state index contributed by atoms with van der Waals surface area (Å²) in [4.78, 5) is 1.41. The van der Waals surface area contributed by atoms with Crippen molar-refractivity contribution < 1.29 is 39.3 Å². The Kier molecular flexibility index (Phi) is 2.65. The molecule has 0 aliphatic carbocycles. The first-order valence-corrected chi connectivity index (χ1v) is 3.44. The number of rotatable bonds is 2. The van der Waals surface area contributed by atoms with Gasteiger partial charge in [0.15, 0.2) is 0 Å². The van der Waals surface area contributed by atoms with Crippen molar-refractivity contribution in [2.75, 3.05) is 0 Å². The maximum atomic E-state index is 11.8. The summed E-state index contributed by atoms with van der Waals surface area (Å²) in [5.74, 6) is 0. The Morgan fingerprint density at radius 3 is 1.42 bits per heavy atom. The maximum absolute atomic E-state index is 11.8. The topological polar surface area (TPSA) is 43.4 Å². The second-order valence-corrected chi connectivity index (χ2v) is 2.95. The van der Waals surface area contributed by atoms with Crippen molar-refractivity contribution in [2.24, 2.45) is 0 Å². The van der Waals surface area contributed by atoms with E-state index < -0.39 is 21.6 Å². The normalized spacial score (nSPS) is 18.8. The summed E-state index contributed by atoms with van der Waals surface area (Å²) in [7, 11) is -6.86. The molecule has 0 aromatic carbocycles. The smallest absolute Gasteiger partial charge is 0.188 e. The van der Waals surface area contributed by atoms with Gasteiger partial charge in [0.25, 0.3) is 0 Å². The van der Waals surface area contributed by atoms with E-state index in [1.165, 1.54) is 4.94 Å². The SMILES string of the molecule is O=S(=O)(F)C(F)(OF)C(F)(F)F. The summed E-state index contributed by atoms with van der Waals surface area (Å²) in [6.07, 6.45) is -6.34. The van der Waals surface area contributed by atoms with E-state index >= 15 is 0 Å².